The molecule has 1 N–H and O–H groups in total. The van der Waals surface area contributed by atoms with Crippen molar-refractivity contribution in [1.82, 2.24) is 24.2 Å². The Morgan fingerprint density at radius 2 is 2.00 bits per heavy atom. The number of piperidine rings is 1. The average Bonchev–Trinajstić information content (AvgIpc) is 3.34. The Bertz CT molecular complexity index is 1470. The van der Waals surface area contributed by atoms with Gasteiger partial charge in [0.25, 0.3) is 0 Å². The molecule has 3 aromatic rings. The number of carbonyl (C=O) groups excluding carboxylic acids is 1. The highest BCUT2D eigenvalue weighted by Crippen LogP contribution is 2.47. The van der Waals surface area contributed by atoms with Crippen molar-refractivity contribution in [1.29, 1.82) is 0 Å². The van der Waals surface area contributed by atoms with Gasteiger partial charge in [0, 0.05) is 58.1 Å². The van der Waals surface area contributed by atoms with E-state index < -0.39 is 16.1 Å². The van der Waals surface area contributed by atoms with Gasteiger partial charge in [0.2, 0.25) is 15.9 Å². The zero-order valence-electron chi connectivity index (χ0n) is 21.5. The van der Waals surface area contributed by atoms with E-state index in [0.29, 0.717) is 30.8 Å². The third kappa shape index (κ3) is 6.43. The maximum Gasteiger partial charge on any atom is 0.238 e. The van der Waals surface area contributed by atoms with E-state index in [4.69, 9.17) is 16.6 Å². The third-order valence-electron chi connectivity index (χ3n) is 7.66. The van der Waals surface area contributed by atoms with Crippen molar-refractivity contribution in [3.8, 4) is 0 Å². The summed E-state index contributed by atoms with van der Waals surface area (Å²) in [5, 5.41) is 3.66. The summed E-state index contributed by atoms with van der Waals surface area (Å²) in [5.41, 5.74) is 4.42. The zero-order chi connectivity index (χ0) is 27.7. The molecule has 1 aliphatic carbocycles. The molecule has 1 aromatic carbocycles. The number of fused-ring (bicyclic) bond motifs is 2. The molecule has 3 atom stereocenters. The Morgan fingerprint density at radius 1 is 1.21 bits per heavy atom. The molecule has 5 rings (SSSR count). The van der Waals surface area contributed by atoms with Crippen LogP contribution in [0.4, 0.5) is 0 Å². The van der Waals surface area contributed by atoms with Crippen molar-refractivity contribution in [2.24, 2.45) is 5.92 Å². The molecule has 3 heterocycles. The van der Waals surface area contributed by atoms with Crippen LogP contribution in [0.1, 0.15) is 47.6 Å². The molecule has 1 amide bonds. The van der Waals surface area contributed by atoms with Gasteiger partial charge in [0.15, 0.2) is 0 Å². The molecule has 3 unspecified atom stereocenters. The van der Waals surface area contributed by atoms with Crippen LogP contribution in [0.25, 0.3) is 0 Å². The highest BCUT2D eigenvalue weighted by Gasteiger charge is 2.43. The maximum absolute atomic E-state index is 13.5. The molecule has 2 aromatic heterocycles. The molecule has 8 nitrogen and oxygen atoms in total. The third-order valence-corrected chi connectivity index (χ3v) is 10.3. The maximum atomic E-state index is 13.5. The standard InChI is InChI=1S/C27H30Br2ClN5O3S/c1-39(37,38)35-9-5-18(13-23(35)27(36)32-6-2-8-34-10-7-31-16-34)25-24-17(12-21(30)14-22(24)29)3-4-19-11-20(28)15-33-26(19)25/h7,10-12,14-16,18,23,25H,2-6,8-9,13H2,1H3,(H,32,36). The van der Waals surface area contributed by atoms with Crippen LogP contribution >= 0.6 is 43.5 Å². The lowest BCUT2D eigenvalue weighted by atomic mass is 9.75. The zero-order valence-corrected chi connectivity index (χ0v) is 26.2. The van der Waals surface area contributed by atoms with Crippen molar-refractivity contribution >= 4 is 59.4 Å². The van der Waals surface area contributed by atoms with Crippen LogP contribution in [0.5, 0.6) is 0 Å². The lowest BCUT2D eigenvalue weighted by Crippen LogP contribution is -2.54. The number of pyridine rings is 1. The van der Waals surface area contributed by atoms with Gasteiger partial charge in [-0.2, -0.15) is 4.31 Å². The number of imidazole rings is 1. The van der Waals surface area contributed by atoms with E-state index in [9.17, 15) is 13.2 Å². The summed E-state index contributed by atoms with van der Waals surface area (Å²) in [6.07, 6.45) is 11.7. The van der Waals surface area contributed by atoms with Gasteiger partial charge in [-0.15, -0.1) is 0 Å². The van der Waals surface area contributed by atoms with Gasteiger partial charge in [-0.1, -0.05) is 27.5 Å². The van der Waals surface area contributed by atoms with E-state index in [2.05, 4.69) is 48.2 Å². The highest BCUT2D eigenvalue weighted by atomic mass is 79.9. The second-order valence-corrected chi connectivity index (χ2v) is 14.4. The van der Waals surface area contributed by atoms with Gasteiger partial charge < -0.3 is 9.88 Å². The van der Waals surface area contributed by atoms with Crippen molar-refractivity contribution in [2.45, 2.75) is 50.6 Å². The molecule has 1 aliphatic heterocycles. The Kier molecular flexibility index (Phi) is 8.83. The summed E-state index contributed by atoms with van der Waals surface area (Å²) in [4.78, 5) is 22.4. The van der Waals surface area contributed by atoms with Gasteiger partial charge in [0.1, 0.15) is 6.04 Å². The molecule has 0 spiro atoms. The molecular formula is C27H30Br2ClN5O3S. The molecule has 1 fully saturated rings. The number of amides is 1. The lowest BCUT2D eigenvalue weighted by Gasteiger charge is -2.40. The second kappa shape index (κ2) is 12.0. The quantitative estimate of drug-likeness (QED) is 0.353. The monoisotopic (exact) mass is 697 g/mol. The summed E-state index contributed by atoms with van der Waals surface area (Å²) in [7, 11) is -3.58. The van der Waals surface area contributed by atoms with Crippen molar-refractivity contribution in [3.63, 3.8) is 0 Å². The SMILES string of the molecule is CS(=O)(=O)N1CCC(C2c3ncc(Br)cc3CCc3cc(Cl)cc(Br)c32)CC1C(=O)NCCCn1ccnc1. The topological polar surface area (TPSA) is 97.2 Å². The number of aryl methyl sites for hydroxylation is 3. The van der Waals surface area contributed by atoms with Crippen LogP contribution in [0.2, 0.25) is 5.02 Å². The number of halogens is 3. The minimum absolute atomic E-state index is 0.00597. The first kappa shape index (κ1) is 28.7. The van der Waals surface area contributed by atoms with E-state index in [1.54, 1.807) is 12.5 Å². The van der Waals surface area contributed by atoms with E-state index in [0.717, 1.165) is 50.7 Å². The van der Waals surface area contributed by atoms with Crippen LogP contribution in [-0.2, 0) is 34.2 Å². The summed E-state index contributed by atoms with van der Waals surface area (Å²) < 4.78 is 30.6. The Hall–Kier alpha value is -1.79. The first-order valence-electron chi connectivity index (χ1n) is 12.9. The number of sulfonamides is 1. The minimum Gasteiger partial charge on any atom is -0.355 e. The number of rotatable bonds is 7. The minimum atomic E-state index is -3.58. The summed E-state index contributed by atoms with van der Waals surface area (Å²) in [6, 6.07) is 5.26. The number of hydrogen-bond donors (Lipinski definition) is 1. The molecule has 12 heteroatoms. The van der Waals surface area contributed by atoms with E-state index in [-0.39, 0.29) is 24.3 Å². The average molecular weight is 700 g/mol. The van der Waals surface area contributed by atoms with Crippen LogP contribution in [0, 0.1) is 5.92 Å². The van der Waals surface area contributed by atoms with Crippen LogP contribution in [0.15, 0.2) is 52.1 Å². The van der Waals surface area contributed by atoms with Crippen LogP contribution in [-0.4, -0.2) is 58.6 Å². The fraction of sp³-hybridized carbons (Fsp3) is 0.444. The molecule has 0 radical (unpaired) electrons. The van der Waals surface area contributed by atoms with Gasteiger partial charge in [-0.25, -0.2) is 13.4 Å². The number of carbonyl (C=O) groups is 1. The molecule has 39 heavy (non-hydrogen) atoms. The summed E-state index contributed by atoms with van der Waals surface area (Å²) >= 11 is 13.8. The van der Waals surface area contributed by atoms with Crippen molar-refractivity contribution in [3.05, 3.63) is 79.5 Å². The molecule has 1 saturated heterocycles. The Balaban J connectivity index is 1.45. The van der Waals surface area contributed by atoms with Gasteiger partial charge in [0.05, 0.1) is 18.3 Å². The van der Waals surface area contributed by atoms with Crippen LogP contribution < -0.4 is 5.32 Å². The molecule has 0 saturated carbocycles. The predicted molar refractivity (Wildman–Crippen MR) is 158 cm³/mol. The largest absolute Gasteiger partial charge is 0.355 e. The number of nitrogens with one attached hydrogen (secondary N) is 1. The second-order valence-electron chi connectivity index (χ2n) is 10.3. The molecule has 208 valence electrons. The van der Waals surface area contributed by atoms with Crippen LogP contribution in [0.3, 0.4) is 0 Å². The van der Waals surface area contributed by atoms with Crippen molar-refractivity contribution < 1.29 is 13.2 Å². The van der Waals surface area contributed by atoms with E-state index >= 15 is 0 Å². The normalized spacial score (nSPS) is 21.6. The summed E-state index contributed by atoms with van der Waals surface area (Å²) in [6.45, 7) is 1.45. The Labute approximate surface area is 250 Å². The van der Waals surface area contributed by atoms with Gasteiger partial charge in [-0.3, -0.25) is 9.78 Å². The van der Waals surface area contributed by atoms with Gasteiger partial charge in [-0.05, 0) is 88.8 Å². The first-order chi connectivity index (χ1) is 18.6. The Morgan fingerprint density at radius 3 is 2.74 bits per heavy atom. The first-order valence-corrected chi connectivity index (χ1v) is 16.8. The molecule has 2 aliphatic rings. The van der Waals surface area contributed by atoms with Crippen molar-refractivity contribution in [2.75, 3.05) is 19.3 Å². The van der Waals surface area contributed by atoms with E-state index in [1.807, 2.05) is 29.1 Å². The molecular weight excluding hydrogens is 670 g/mol. The number of benzene rings is 1. The lowest BCUT2D eigenvalue weighted by molar-refractivity contribution is -0.126. The number of hydrogen-bond acceptors (Lipinski definition) is 5. The fourth-order valence-electron chi connectivity index (χ4n) is 5.95. The molecule has 0 bridgehead atoms. The highest BCUT2D eigenvalue weighted by molar-refractivity contribution is 9.10. The fourth-order valence-corrected chi connectivity index (χ4v) is 8.53. The number of aromatic nitrogens is 3. The van der Waals surface area contributed by atoms with Gasteiger partial charge >= 0.3 is 0 Å². The number of nitrogens with zero attached hydrogens (tertiary/aromatic N) is 4. The smallest absolute Gasteiger partial charge is 0.238 e. The predicted octanol–water partition coefficient (Wildman–Crippen LogP) is 4.93. The van der Waals surface area contributed by atoms with E-state index in [1.165, 1.54) is 10.6 Å². The summed E-state index contributed by atoms with van der Waals surface area (Å²) in [5.74, 6) is -0.356.